The Bertz CT molecular complexity index is 1650. The first kappa shape index (κ1) is 28.4. The van der Waals surface area contributed by atoms with Crippen LogP contribution < -0.4 is 19.6 Å². The Labute approximate surface area is 218 Å². The van der Waals surface area contributed by atoms with E-state index in [0.717, 1.165) is 25.1 Å². The standard InChI is InChI=1S/C26H14F8O6/c1-10(38-23-20(30)18(28)17(27)19(29)21(23)31)25(36)39-13-7-8-14-15(9-13)40-24(26(32,33)34)16(22(14)35)11-3-5-12(37-2)6-4-11/h3-10H,1-2H3. The molecule has 0 radical (unpaired) electrons. The van der Waals surface area contributed by atoms with Crippen LogP contribution >= 0.6 is 0 Å². The molecule has 6 nitrogen and oxygen atoms in total. The molecule has 1 atom stereocenters. The van der Waals surface area contributed by atoms with E-state index in [1.807, 2.05) is 0 Å². The zero-order valence-corrected chi connectivity index (χ0v) is 20.1. The number of alkyl halides is 3. The molecule has 0 spiro atoms. The number of esters is 1. The predicted octanol–water partition coefficient (Wildman–Crippen LogP) is 6.56. The number of ether oxygens (including phenoxy) is 3. The van der Waals surface area contributed by atoms with Gasteiger partial charge in [-0.15, -0.1) is 0 Å². The van der Waals surface area contributed by atoms with Crippen LogP contribution in [0.15, 0.2) is 51.7 Å². The third-order valence-corrected chi connectivity index (χ3v) is 5.51. The van der Waals surface area contributed by atoms with Crippen molar-refractivity contribution in [1.29, 1.82) is 0 Å². The molecule has 0 amide bonds. The average molecular weight is 574 g/mol. The third kappa shape index (κ3) is 5.16. The number of carbonyl (C=O) groups is 1. The highest BCUT2D eigenvalue weighted by atomic mass is 19.4. The number of hydrogen-bond acceptors (Lipinski definition) is 6. The Morgan fingerprint density at radius 2 is 1.40 bits per heavy atom. The SMILES string of the molecule is COc1ccc(-c2c(C(F)(F)F)oc3cc(OC(=O)C(C)Oc4c(F)c(F)c(F)c(F)c4F)ccc3c2=O)cc1. The summed E-state index contributed by atoms with van der Waals surface area (Å²) in [5.41, 5.74) is -2.58. The molecule has 0 aliphatic heterocycles. The van der Waals surface area contributed by atoms with Crippen LogP contribution in [0.3, 0.4) is 0 Å². The zero-order chi connectivity index (χ0) is 29.5. The van der Waals surface area contributed by atoms with Gasteiger partial charge >= 0.3 is 12.1 Å². The van der Waals surface area contributed by atoms with Crippen molar-refractivity contribution in [1.82, 2.24) is 0 Å². The molecule has 0 bridgehead atoms. The number of methoxy groups -OCH3 is 1. The second kappa shape index (κ2) is 10.5. The van der Waals surface area contributed by atoms with E-state index in [9.17, 15) is 44.7 Å². The van der Waals surface area contributed by atoms with Gasteiger partial charge in [-0.3, -0.25) is 4.79 Å². The Kier molecular flexibility index (Phi) is 7.46. The largest absolute Gasteiger partial charge is 0.497 e. The van der Waals surface area contributed by atoms with Crippen molar-refractivity contribution in [2.75, 3.05) is 7.11 Å². The van der Waals surface area contributed by atoms with Gasteiger partial charge in [-0.1, -0.05) is 12.1 Å². The van der Waals surface area contributed by atoms with Gasteiger partial charge in [0.15, 0.2) is 11.9 Å². The van der Waals surface area contributed by atoms with Crippen LogP contribution in [0.25, 0.3) is 22.1 Å². The molecule has 1 aromatic heterocycles. The van der Waals surface area contributed by atoms with Gasteiger partial charge in [0.1, 0.15) is 17.1 Å². The molecule has 40 heavy (non-hydrogen) atoms. The summed E-state index contributed by atoms with van der Waals surface area (Å²) in [5.74, 6) is -16.7. The normalized spacial score (nSPS) is 12.3. The number of halogens is 8. The second-order valence-corrected chi connectivity index (χ2v) is 8.10. The molecule has 0 N–H and O–H groups in total. The molecule has 0 aliphatic rings. The molecule has 3 aromatic carbocycles. The molecule has 0 aliphatic carbocycles. The highest BCUT2D eigenvalue weighted by molar-refractivity contribution is 5.85. The fraction of sp³-hybridized carbons (Fsp3) is 0.154. The molecule has 0 fully saturated rings. The molecule has 1 heterocycles. The number of hydrogen-bond donors (Lipinski definition) is 0. The highest BCUT2D eigenvalue weighted by Crippen LogP contribution is 2.38. The van der Waals surface area contributed by atoms with Crippen LogP contribution in [0.1, 0.15) is 12.7 Å². The molecule has 4 rings (SSSR count). The molecule has 1 unspecified atom stereocenters. The van der Waals surface area contributed by atoms with Gasteiger partial charge in [-0.05, 0) is 36.8 Å². The minimum absolute atomic E-state index is 0.113. The van der Waals surface area contributed by atoms with E-state index < -0.39 is 81.2 Å². The van der Waals surface area contributed by atoms with Gasteiger partial charge in [-0.25, -0.2) is 18.0 Å². The van der Waals surface area contributed by atoms with Crippen LogP contribution in [0.2, 0.25) is 0 Å². The Morgan fingerprint density at radius 1 is 0.850 bits per heavy atom. The van der Waals surface area contributed by atoms with E-state index in [-0.39, 0.29) is 10.9 Å². The van der Waals surface area contributed by atoms with Crippen molar-refractivity contribution in [3.63, 3.8) is 0 Å². The summed E-state index contributed by atoms with van der Waals surface area (Å²) in [5, 5.41) is -0.315. The van der Waals surface area contributed by atoms with Crippen molar-refractivity contribution >= 4 is 16.9 Å². The summed E-state index contributed by atoms with van der Waals surface area (Å²) in [7, 11) is 1.34. The summed E-state index contributed by atoms with van der Waals surface area (Å²) >= 11 is 0. The van der Waals surface area contributed by atoms with Crippen molar-refractivity contribution in [2.24, 2.45) is 0 Å². The van der Waals surface area contributed by atoms with Crippen LogP contribution in [0.5, 0.6) is 17.2 Å². The summed E-state index contributed by atoms with van der Waals surface area (Å²) in [6.07, 6.45) is -7.08. The van der Waals surface area contributed by atoms with Crippen molar-refractivity contribution in [2.45, 2.75) is 19.2 Å². The van der Waals surface area contributed by atoms with E-state index in [1.165, 1.54) is 31.4 Å². The predicted molar refractivity (Wildman–Crippen MR) is 121 cm³/mol. The van der Waals surface area contributed by atoms with Gasteiger partial charge in [0.25, 0.3) is 0 Å². The van der Waals surface area contributed by atoms with Gasteiger partial charge in [0, 0.05) is 6.07 Å². The molecule has 0 saturated carbocycles. The Hall–Kier alpha value is -4.62. The second-order valence-electron chi connectivity index (χ2n) is 8.10. The molecule has 0 saturated heterocycles. The van der Waals surface area contributed by atoms with E-state index in [4.69, 9.17) is 13.9 Å². The lowest BCUT2D eigenvalue weighted by Crippen LogP contribution is -2.29. The van der Waals surface area contributed by atoms with E-state index in [0.29, 0.717) is 5.75 Å². The maximum absolute atomic E-state index is 13.9. The topological polar surface area (TPSA) is 75.0 Å². The van der Waals surface area contributed by atoms with E-state index in [1.54, 1.807) is 0 Å². The first-order valence-corrected chi connectivity index (χ1v) is 11.0. The fourth-order valence-electron chi connectivity index (χ4n) is 3.57. The molecular weight excluding hydrogens is 560 g/mol. The average Bonchev–Trinajstić information content (AvgIpc) is 2.92. The third-order valence-electron chi connectivity index (χ3n) is 5.51. The van der Waals surface area contributed by atoms with Crippen molar-refractivity contribution in [3.05, 3.63) is 87.5 Å². The van der Waals surface area contributed by atoms with E-state index >= 15 is 0 Å². The van der Waals surface area contributed by atoms with Gasteiger partial charge in [-0.2, -0.15) is 22.0 Å². The smallest absolute Gasteiger partial charge is 0.450 e. The summed E-state index contributed by atoms with van der Waals surface area (Å²) in [6, 6.07) is 7.93. The highest BCUT2D eigenvalue weighted by Gasteiger charge is 2.39. The maximum atomic E-state index is 13.9. The molecule has 210 valence electrons. The molecule has 14 heteroatoms. The number of rotatable bonds is 6. The van der Waals surface area contributed by atoms with Gasteiger partial charge < -0.3 is 18.6 Å². The minimum Gasteiger partial charge on any atom is -0.497 e. The lowest BCUT2D eigenvalue weighted by molar-refractivity contribution is -0.152. The summed E-state index contributed by atoms with van der Waals surface area (Å²) in [4.78, 5) is 25.4. The minimum atomic E-state index is -5.12. The summed E-state index contributed by atoms with van der Waals surface area (Å²) in [6.45, 7) is 0.852. The number of fused-ring (bicyclic) bond motifs is 1. The van der Waals surface area contributed by atoms with Crippen molar-refractivity contribution in [3.8, 4) is 28.4 Å². The monoisotopic (exact) mass is 574 g/mol. The van der Waals surface area contributed by atoms with Gasteiger partial charge in [0.05, 0.1) is 18.1 Å². The maximum Gasteiger partial charge on any atom is 0.450 e. The fourth-order valence-corrected chi connectivity index (χ4v) is 3.57. The summed E-state index contributed by atoms with van der Waals surface area (Å²) < 4.78 is 129. The number of carbonyl (C=O) groups excluding carboxylic acids is 1. The molecule has 4 aromatic rings. The Morgan fingerprint density at radius 3 is 1.95 bits per heavy atom. The van der Waals surface area contributed by atoms with E-state index in [2.05, 4.69) is 4.74 Å². The van der Waals surface area contributed by atoms with Gasteiger partial charge in [0.2, 0.25) is 40.3 Å². The first-order chi connectivity index (χ1) is 18.7. The van der Waals surface area contributed by atoms with Crippen LogP contribution in [-0.4, -0.2) is 19.2 Å². The zero-order valence-electron chi connectivity index (χ0n) is 20.1. The Balaban J connectivity index is 1.68. The lowest BCUT2D eigenvalue weighted by atomic mass is 10.0. The first-order valence-electron chi connectivity index (χ1n) is 11.0. The van der Waals surface area contributed by atoms with Crippen LogP contribution in [0.4, 0.5) is 35.1 Å². The molecular formula is C26H14F8O6. The number of benzene rings is 3. The van der Waals surface area contributed by atoms with Crippen LogP contribution in [0, 0.1) is 29.1 Å². The quantitative estimate of drug-likeness (QED) is 0.0855. The lowest BCUT2D eigenvalue weighted by Gasteiger charge is -2.16. The van der Waals surface area contributed by atoms with Crippen molar-refractivity contribution < 1.29 is 58.5 Å². The van der Waals surface area contributed by atoms with Crippen LogP contribution in [-0.2, 0) is 11.0 Å².